The van der Waals surface area contributed by atoms with Crippen molar-refractivity contribution in [2.45, 2.75) is 51.0 Å². The van der Waals surface area contributed by atoms with Crippen molar-refractivity contribution < 1.29 is 9.53 Å². The Labute approximate surface area is 111 Å². The summed E-state index contributed by atoms with van der Waals surface area (Å²) in [7, 11) is 3.47. The number of ether oxygens (including phenoxy) is 1. The summed E-state index contributed by atoms with van der Waals surface area (Å²) < 4.78 is 4.99. The lowest BCUT2D eigenvalue weighted by Gasteiger charge is -2.23. The smallest absolute Gasteiger partial charge is 0.222 e. The molecule has 1 rings (SSSR count). The van der Waals surface area contributed by atoms with Crippen LogP contribution in [0.4, 0.5) is 0 Å². The molecule has 0 spiro atoms. The van der Waals surface area contributed by atoms with E-state index < -0.39 is 0 Å². The fourth-order valence-corrected chi connectivity index (χ4v) is 2.69. The zero-order valence-electron chi connectivity index (χ0n) is 11.9. The molecule has 0 bridgehead atoms. The van der Waals surface area contributed by atoms with Gasteiger partial charge in [0.2, 0.25) is 5.91 Å². The van der Waals surface area contributed by atoms with Crippen LogP contribution >= 0.6 is 0 Å². The first-order chi connectivity index (χ1) is 8.63. The molecule has 4 heteroatoms. The van der Waals surface area contributed by atoms with Gasteiger partial charge in [-0.2, -0.15) is 0 Å². The molecule has 1 atom stereocenters. The van der Waals surface area contributed by atoms with Crippen molar-refractivity contribution in [2.75, 3.05) is 27.3 Å². The van der Waals surface area contributed by atoms with E-state index in [1.807, 2.05) is 7.05 Å². The first-order valence-electron chi connectivity index (χ1n) is 7.12. The molecule has 0 aliphatic heterocycles. The van der Waals surface area contributed by atoms with E-state index in [0.29, 0.717) is 25.5 Å². The van der Waals surface area contributed by atoms with E-state index in [0.717, 1.165) is 0 Å². The normalized spacial score (nSPS) is 19.3. The molecule has 4 nitrogen and oxygen atoms in total. The maximum Gasteiger partial charge on any atom is 0.222 e. The molecule has 106 valence electrons. The van der Waals surface area contributed by atoms with Gasteiger partial charge in [0.1, 0.15) is 0 Å². The molecule has 1 unspecified atom stereocenters. The van der Waals surface area contributed by atoms with E-state index in [1.165, 1.54) is 38.5 Å². The highest BCUT2D eigenvalue weighted by atomic mass is 16.5. The lowest BCUT2D eigenvalue weighted by molar-refractivity contribution is -0.131. The van der Waals surface area contributed by atoms with Gasteiger partial charge in [-0.1, -0.05) is 25.7 Å². The minimum absolute atomic E-state index is 0.0851. The molecule has 0 aromatic rings. The van der Waals surface area contributed by atoms with Crippen LogP contribution in [0.1, 0.15) is 44.9 Å². The number of nitrogens with two attached hydrogens (primary N) is 1. The van der Waals surface area contributed by atoms with Crippen molar-refractivity contribution in [1.29, 1.82) is 0 Å². The van der Waals surface area contributed by atoms with Gasteiger partial charge in [0.25, 0.3) is 0 Å². The highest BCUT2D eigenvalue weighted by Crippen LogP contribution is 2.25. The predicted octanol–water partition coefficient (Wildman–Crippen LogP) is 1.78. The van der Waals surface area contributed by atoms with Gasteiger partial charge in [-0.15, -0.1) is 0 Å². The van der Waals surface area contributed by atoms with Gasteiger partial charge in [0.05, 0.1) is 6.61 Å². The number of carbonyl (C=O) groups excluding carboxylic acids is 1. The van der Waals surface area contributed by atoms with Gasteiger partial charge in [-0.3, -0.25) is 4.79 Å². The number of nitrogens with zero attached hydrogens (tertiary/aromatic N) is 1. The molecule has 2 N–H and O–H groups in total. The molecular formula is C14H28N2O2. The maximum absolute atomic E-state index is 12.1. The minimum atomic E-state index is -0.0851. The average molecular weight is 256 g/mol. The zero-order chi connectivity index (χ0) is 13.4. The van der Waals surface area contributed by atoms with Crippen molar-refractivity contribution in [3.8, 4) is 0 Å². The number of methoxy groups -OCH3 is 1. The van der Waals surface area contributed by atoms with E-state index in [1.54, 1.807) is 12.0 Å². The largest absolute Gasteiger partial charge is 0.383 e. The van der Waals surface area contributed by atoms with Crippen LogP contribution in [0.25, 0.3) is 0 Å². The van der Waals surface area contributed by atoms with Crippen LogP contribution in [-0.4, -0.2) is 44.2 Å². The third-order valence-corrected chi connectivity index (χ3v) is 3.75. The van der Waals surface area contributed by atoms with Crippen LogP contribution in [0.2, 0.25) is 0 Å². The third kappa shape index (κ3) is 5.83. The number of rotatable bonds is 6. The van der Waals surface area contributed by atoms with Crippen molar-refractivity contribution in [2.24, 2.45) is 11.7 Å². The molecule has 0 heterocycles. The zero-order valence-corrected chi connectivity index (χ0v) is 11.9. The molecule has 1 fully saturated rings. The summed E-state index contributed by atoms with van der Waals surface area (Å²) in [6.07, 6.45) is 8.35. The molecule has 1 aliphatic carbocycles. The van der Waals surface area contributed by atoms with Crippen molar-refractivity contribution in [1.82, 2.24) is 4.90 Å². The Kier molecular flexibility index (Phi) is 7.28. The molecule has 18 heavy (non-hydrogen) atoms. The lowest BCUT2D eigenvalue weighted by Crippen LogP contribution is -2.41. The quantitative estimate of drug-likeness (QED) is 0.737. The molecular weight excluding hydrogens is 228 g/mol. The number of hydrogen-bond donors (Lipinski definition) is 1. The minimum Gasteiger partial charge on any atom is -0.383 e. The van der Waals surface area contributed by atoms with Gasteiger partial charge in [-0.25, -0.2) is 0 Å². The Morgan fingerprint density at radius 2 is 1.94 bits per heavy atom. The van der Waals surface area contributed by atoms with Crippen molar-refractivity contribution >= 4 is 5.91 Å². The summed E-state index contributed by atoms with van der Waals surface area (Å²) >= 11 is 0. The van der Waals surface area contributed by atoms with Crippen LogP contribution in [0, 0.1) is 5.92 Å². The lowest BCUT2D eigenvalue weighted by atomic mass is 9.96. The summed E-state index contributed by atoms with van der Waals surface area (Å²) in [4.78, 5) is 13.9. The summed E-state index contributed by atoms with van der Waals surface area (Å²) in [6.45, 7) is 1.08. The highest BCUT2D eigenvalue weighted by molar-refractivity contribution is 5.76. The standard InChI is InChI=1S/C14H28N2O2/c1-16(10-13(15)11-18-2)14(17)9-12-7-5-3-4-6-8-12/h12-13H,3-11,15H2,1-2H3. The van der Waals surface area contributed by atoms with Crippen LogP contribution in [0.3, 0.4) is 0 Å². The number of hydrogen-bond acceptors (Lipinski definition) is 3. The van der Waals surface area contributed by atoms with E-state index in [4.69, 9.17) is 10.5 Å². The second-order valence-electron chi connectivity index (χ2n) is 5.55. The molecule has 0 radical (unpaired) electrons. The second kappa shape index (κ2) is 8.48. The monoisotopic (exact) mass is 256 g/mol. The van der Waals surface area contributed by atoms with Crippen molar-refractivity contribution in [3.63, 3.8) is 0 Å². The summed E-state index contributed by atoms with van der Waals surface area (Å²) in [6, 6.07) is -0.0851. The fraction of sp³-hybridized carbons (Fsp3) is 0.929. The fourth-order valence-electron chi connectivity index (χ4n) is 2.69. The first-order valence-corrected chi connectivity index (χ1v) is 7.12. The Bertz CT molecular complexity index is 238. The summed E-state index contributed by atoms with van der Waals surface area (Å²) in [5.41, 5.74) is 5.86. The van der Waals surface area contributed by atoms with E-state index in [-0.39, 0.29) is 11.9 Å². The van der Waals surface area contributed by atoms with Gasteiger partial charge in [-0.05, 0) is 18.8 Å². The Hall–Kier alpha value is -0.610. The maximum atomic E-state index is 12.1. The first kappa shape index (κ1) is 15.4. The van der Waals surface area contributed by atoms with E-state index in [9.17, 15) is 4.79 Å². The summed E-state index contributed by atoms with van der Waals surface area (Å²) in [5, 5.41) is 0. The van der Waals surface area contributed by atoms with Crippen LogP contribution in [0.5, 0.6) is 0 Å². The second-order valence-corrected chi connectivity index (χ2v) is 5.55. The van der Waals surface area contributed by atoms with Gasteiger partial charge < -0.3 is 15.4 Å². The molecule has 0 saturated heterocycles. The molecule has 1 saturated carbocycles. The third-order valence-electron chi connectivity index (χ3n) is 3.75. The SMILES string of the molecule is COCC(N)CN(C)C(=O)CC1CCCCCC1. The Balaban J connectivity index is 2.29. The number of likely N-dealkylation sites (N-methyl/N-ethyl adjacent to an activating group) is 1. The van der Waals surface area contributed by atoms with Crippen molar-refractivity contribution in [3.05, 3.63) is 0 Å². The average Bonchev–Trinajstić information content (AvgIpc) is 2.57. The van der Waals surface area contributed by atoms with Gasteiger partial charge in [0, 0.05) is 33.2 Å². The molecule has 0 aromatic carbocycles. The Morgan fingerprint density at radius 3 is 2.50 bits per heavy atom. The van der Waals surface area contributed by atoms with Crippen LogP contribution in [0.15, 0.2) is 0 Å². The Morgan fingerprint density at radius 1 is 1.33 bits per heavy atom. The van der Waals surface area contributed by atoms with Crippen LogP contribution < -0.4 is 5.73 Å². The summed E-state index contributed by atoms with van der Waals surface area (Å²) in [5.74, 6) is 0.814. The molecule has 1 aliphatic rings. The topological polar surface area (TPSA) is 55.6 Å². The van der Waals surface area contributed by atoms with Gasteiger partial charge >= 0.3 is 0 Å². The number of carbonyl (C=O) groups is 1. The molecule has 0 aromatic heterocycles. The predicted molar refractivity (Wildman–Crippen MR) is 73.3 cm³/mol. The van der Waals surface area contributed by atoms with E-state index >= 15 is 0 Å². The van der Waals surface area contributed by atoms with E-state index in [2.05, 4.69) is 0 Å². The van der Waals surface area contributed by atoms with Crippen LogP contribution in [-0.2, 0) is 9.53 Å². The molecule has 1 amide bonds. The number of amides is 1. The van der Waals surface area contributed by atoms with Gasteiger partial charge in [0.15, 0.2) is 0 Å². The highest BCUT2D eigenvalue weighted by Gasteiger charge is 2.19.